The molecule has 0 heterocycles. The Labute approximate surface area is 177 Å². The van der Waals surface area contributed by atoms with Crippen molar-refractivity contribution >= 4 is 40.6 Å². The first kappa shape index (κ1) is 20.7. The normalized spacial score (nSPS) is 10.4. The van der Waals surface area contributed by atoms with E-state index in [1.807, 2.05) is 36.4 Å². The van der Waals surface area contributed by atoms with Crippen molar-refractivity contribution in [2.24, 2.45) is 0 Å². The van der Waals surface area contributed by atoms with Crippen molar-refractivity contribution in [3.8, 4) is 5.75 Å². The van der Waals surface area contributed by atoms with E-state index in [2.05, 4.69) is 5.32 Å². The van der Waals surface area contributed by atoms with Gasteiger partial charge in [0.15, 0.2) is 0 Å². The van der Waals surface area contributed by atoms with E-state index < -0.39 is 4.92 Å². The summed E-state index contributed by atoms with van der Waals surface area (Å²) in [6.07, 6.45) is 0. The van der Waals surface area contributed by atoms with Gasteiger partial charge < -0.3 is 10.1 Å². The van der Waals surface area contributed by atoms with Crippen LogP contribution in [0.5, 0.6) is 5.75 Å². The number of benzene rings is 3. The highest BCUT2D eigenvalue weighted by Crippen LogP contribution is 2.29. The maximum Gasteiger partial charge on any atom is 0.271 e. The van der Waals surface area contributed by atoms with Crippen LogP contribution in [0.2, 0.25) is 5.02 Å². The van der Waals surface area contributed by atoms with Gasteiger partial charge in [0.25, 0.3) is 11.6 Å². The van der Waals surface area contributed by atoms with E-state index in [1.165, 1.54) is 25.3 Å². The molecule has 0 bridgehead atoms. The lowest BCUT2D eigenvalue weighted by Gasteiger charge is -2.10. The van der Waals surface area contributed by atoms with Gasteiger partial charge in [0.1, 0.15) is 5.75 Å². The Bertz CT molecular complexity index is 1020. The molecule has 148 valence electrons. The zero-order chi connectivity index (χ0) is 20.8. The molecule has 3 rings (SSSR count). The predicted molar refractivity (Wildman–Crippen MR) is 115 cm³/mol. The topological polar surface area (TPSA) is 81.5 Å². The minimum atomic E-state index is -0.526. The maximum atomic E-state index is 12.5. The molecule has 1 N–H and O–H groups in total. The average Bonchev–Trinajstić information content (AvgIpc) is 2.73. The first-order valence-corrected chi connectivity index (χ1v) is 9.93. The minimum absolute atomic E-state index is 0.129. The van der Waals surface area contributed by atoms with Gasteiger partial charge in [0, 0.05) is 33.4 Å². The smallest absolute Gasteiger partial charge is 0.271 e. The number of nitrogens with one attached hydrogen (secondary N) is 1. The lowest BCUT2D eigenvalue weighted by molar-refractivity contribution is -0.384. The fourth-order valence-electron chi connectivity index (χ4n) is 2.55. The summed E-state index contributed by atoms with van der Waals surface area (Å²) in [5.41, 5.74) is 1.62. The molecule has 3 aromatic rings. The Kier molecular flexibility index (Phi) is 6.74. The maximum absolute atomic E-state index is 12.5. The van der Waals surface area contributed by atoms with Gasteiger partial charge >= 0.3 is 0 Å². The monoisotopic (exact) mass is 428 g/mol. The molecule has 0 radical (unpaired) electrons. The van der Waals surface area contributed by atoms with Crippen LogP contribution >= 0.6 is 23.4 Å². The average molecular weight is 429 g/mol. The number of anilines is 1. The Morgan fingerprint density at radius 2 is 1.79 bits per heavy atom. The number of nitrogens with zero attached hydrogens (tertiary/aromatic N) is 1. The molecule has 0 spiro atoms. The van der Waals surface area contributed by atoms with Gasteiger partial charge in [-0.15, -0.1) is 11.8 Å². The highest BCUT2D eigenvalue weighted by atomic mass is 35.5. The number of methoxy groups -OCH3 is 1. The summed E-state index contributed by atoms with van der Waals surface area (Å²) in [6.45, 7) is 0. The first-order valence-electron chi connectivity index (χ1n) is 8.57. The second-order valence-electron chi connectivity index (χ2n) is 6.04. The summed E-state index contributed by atoms with van der Waals surface area (Å²) >= 11 is 7.56. The number of carbonyl (C=O) groups excluding carboxylic acids is 1. The van der Waals surface area contributed by atoms with E-state index in [-0.39, 0.29) is 17.3 Å². The van der Waals surface area contributed by atoms with Gasteiger partial charge in [-0.1, -0.05) is 23.7 Å². The van der Waals surface area contributed by atoms with Crippen molar-refractivity contribution in [2.45, 2.75) is 10.6 Å². The molecule has 0 saturated heterocycles. The Morgan fingerprint density at radius 3 is 2.41 bits per heavy atom. The van der Waals surface area contributed by atoms with Crippen LogP contribution in [0.15, 0.2) is 71.6 Å². The van der Waals surface area contributed by atoms with Crippen molar-refractivity contribution < 1.29 is 14.5 Å². The second kappa shape index (κ2) is 9.45. The van der Waals surface area contributed by atoms with E-state index in [1.54, 1.807) is 23.9 Å². The molecule has 0 aliphatic rings. The number of carbonyl (C=O) groups is 1. The lowest BCUT2D eigenvalue weighted by atomic mass is 10.1. The summed E-state index contributed by atoms with van der Waals surface area (Å²) in [5.74, 6) is 0.725. The van der Waals surface area contributed by atoms with E-state index in [4.69, 9.17) is 16.3 Å². The standard InChI is InChI=1S/C21H17ClN2O4S/c1-28-20-11-8-17(24(26)27)12-19(20)23-21(25)15-4-2-14(3-5-15)13-29-18-9-6-16(22)7-10-18/h2-12H,13H2,1H3,(H,23,25). The Hall–Kier alpha value is -3.03. The molecule has 0 aliphatic carbocycles. The first-order chi connectivity index (χ1) is 14.0. The molecular formula is C21H17ClN2O4S. The summed E-state index contributed by atoms with van der Waals surface area (Å²) in [5, 5.41) is 14.3. The van der Waals surface area contributed by atoms with Crippen LogP contribution in [0.25, 0.3) is 0 Å². The van der Waals surface area contributed by atoms with Crippen LogP contribution in [0, 0.1) is 10.1 Å². The number of non-ortho nitro benzene ring substituents is 1. The van der Waals surface area contributed by atoms with Crippen LogP contribution < -0.4 is 10.1 Å². The number of thioether (sulfide) groups is 1. The van der Waals surface area contributed by atoms with Crippen LogP contribution in [0.3, 0.4) is 0 Å². The molecule has 0 unspecified atom stereocenters. The molecule has 0 aliphatic heterocycles. The number of nitro groups is 1. The quantitative estimate of drug-likeness (QED) is 0.292. The highest BCUT2D eigenvalue weighted by molar-refractivity contribution is 7.98. The van der Waals surface area contributed by atoms with E-state index in [9.17, 15) is 14.9 Å². The van der Waals surface area contributed by atoms with Crippen LogP contribution in [-0.2, 0) is 5.75 Å². The lowest BCUT2D eigenvalue weighted by Crippen LogP contribution is -2.12. The van der Waals surface area contributed by atoms with Crippen LogP contribution in [0.4, 0.5) is 11.4 Å². The molecule has 29 heavy (non-hydrogen) atoms. The van der Waals surface area contributed by atoms with Crippen molar-refractivity contribution in [3.63, 3.8) is 0 Å². The van der Waals surface area contributed by atoms with Crippen LogP contribution in [-0.4, -0.2) is 17.9 Å². The molecule has 0 fully saturated rings. The summed E-state index contributed by atoms with van der Waals surface area (Å²) < 4.78 is 5.17. The zero-order valence-corrected chi connectivity index (χ0v) is 17.0. The number of halogens is 1. The number of hydrogen-bond acceptors (Lipinski definition) is 5. The Morgan fingerprint density at radius 1 is 1.10 bits per heavy atom. The number of rotatable bonds is 7. The fourth-order valence-corrected chi connectivity index (χ4v) is 3.53. The largest absolute Gasteiger partial charge is 0.495 e. The molecule has 8 heteroatoms. The molecule has 0 aromatic heterocycles. The minimum Gasteiger partial charge on any atom is -0.495 e. The van der Waals surface area contributed by atoms with Gasteiger partial charge in [-0.3, -0.25) is 14.9 Å². The number of ether oxygens (including phenoxy) is 1. The third-order valence-electron chi connectivity index (χ3n) is 4.08. The van der Waals surface area contributed by atoms with Gasteiger partial charge in [0.05, 0.1) is 17.7 Å². The number of amides is 1. The third kappa shape index (κ3) is 5.49. The SMILES string of the molecule is COc1ccc([N+](=O)[O-])cc1NC(=O)c1ccc(CSc2ccc(Cl)cc2)cc1. The number of nitro benzene ring substituents is 1. The van der Waals surface area contributed by atoms with Gasteiger partial charge in [-0.05, 0) is 48.0 Å². The van der Waals surface area contributed by atoms with Crippen molar-refractivity contribution in [2.75, 3.05) is 12.4 Å². The molecule has 1 amide bonds. The van der Waals surface area contributed by atoms with E-state index >= 15 is 0 Å². The summed E-state index contributed by atoms with van der Waals surface area (Å²) in [7, 11) is 1.43. The fraction of sp³-hybridized carbons (Fsp3) is 0.0952. The Balaban J connectivity index is 1.66. The number of hydrogen-bond donors (Lipinski definition) is 1. The predicted octanol–water partition coefficient (Wildman–Crippen LogP) is 5.80. The van der Waals surface area contributed by atoms with Crippen LogP contribution in [0.1, 0.15) is 15.9 Å². The van der Waals surface area contributed by atoms with Crippen molar-refractivity contribution in [1.82, 2.24) is 0 Å². The second-order valence-corrected chi connectivity index (χ2v) is 7.52. The highest BCUT2D eigenvalue weighted by Gasteiger charge is 2.14. The van der Waals surface area contributed by atoms with Gasteiger partial charge in [0.2, 0.25) is 0 Å². The van der Waals surface area contributed by atoms with Gasteiger partial charge in [-0.2, -0.15) is 0 Å². The third-order valence-corrected chi connectivity index (χ3v) is 5.41. The molecular weight excluding hydrogens is 412 g/mol. The van der Waals surface area contributed by atoms with Crippen molar-refractivity contribution in [3.05, 3.63) is 93.0 Å². The summed E-state index contributed by atoms with van der Waals surface area (Å²) in [4.78, 5) is 24.1. The molecule has 6 nitrogen and oxygen atoms in total. The molecule has 0 atom stereocenters. The van der Waals surface area contributed by atoms with Gasteiger partial charge in [-0.25, -0.2) is 0 Å². The summed E-state index contributed by atoms with van der Waals surface area (Å²) in [6, 6.07) is 18.8. The van der Waals surface area contributed by atoms with Crippen molar-refractivity contribution in [1.29, 1.82) is 0 Å². The zero-order valence-electron chi connectivity index (χ0n) is 15.4. The van der Waals surface area contributed by atoms with E-state index in [0.29, 0.717) is 16.3 Å². The van der Waals surface area contributed by atoms with E-state index in [0.717, 1.165) is 16.2 Å². The molecule has 3 aromatic carbocycles. The molecule has 0 saturated carbocycles.